The number of pyridine rings is 1. The lowest BCUT2D eigenvalue weighted by Crippen LogP contribution is -2.32. The molecule has 1 nitrogen and oxygen atoms in total. The maximum Gasteiger partial charge on any atom is 0.222 e. The molecule has 2 heteroatoms. The Morgan fingerprint density at radius 3 is 2.13 bits per heavy atom. The van der Waals surface area contributed by atoms with E-state index < -0.39 is 0 Å². The van der Waals surface area contributed by atoms with Gasteiger partial charge < -0.3 is 0 Å². The molecule has 1 aliphatic rings. The van der Waals surface area contributed by atoms with Gasteiger partial charge in [-0.3, -0.25) is 0 Å². The summed E-state index contributed by atoms with van der Waals surface area (Å²) in [6, 6.07) is 19.0. The standard InChI is InChI=1S/C36H40NS/c1-21-10-12-27-28(16-21)22(2)30-32-31-24(14-15-37(32)9)18-25-17-23(19-35(3,4)5)11-13-26(25)33(31)38-34(30)29(27)20-36(6,7)8/h10-18H,19-20H2,1-9H3/q+1. The van der Waals surface area contributed by atoms with Crippen LogP contribution >= 0.6 is 11.8 Å². The largest absolute Gasteiger partial charge is 0.222 e. The van der Waals surface area contributed by atoms with E-state index >= 15 is 0 Å². The predicted molar refractivity (Wildman–Crippen MR) is 165 cm³/mol. The van der Waals surface area contributed by atoms with Crippen LogP contribution in [0.15, 0.2) is 64.5 Å². The molecule has 0 atom stereocenters. The first kappa shape index (κ1) is 25.4. The topological polar surface area (TPSA) is 3.88 Å². The highest BCUT2D eigenvalue weighted by Gasteiger charge is 2.33. The van der Waals surface area contributed by atoms with Crippen LogP contribution in [0.2, 0.25) is 0 Å². The maximum absolute atomic E-state index is 2.43. The molecular formula is C36H40NS+. The molecule has 6 rings (SSSR count). The van der Waals surface area contributed by atoms with Gasteiger partial charge in [-0.2, -0.15) is 0 Å². The Morgan fingerprint density at radius 2 is 1.42 bits per heavy atom. The zero-order valence-corrected chi connectivity index (χ0v) is 25.3. The van der Waals surface area contributed by atoms with Crippen molar-refractivity contribution in [2.24, 2.45) is 17.9 Å². The van der Waals surface area contributed by atoms with Crippen LogP contribution in [0.4, 0.5) is 0 Å². The molecule has 0 unspecified atom stereocenters. The fourth-order valence-electron chi connectivity index (χ4n) is 6.41. The van der Waals surface area contributed by atoms with Crippen LogP contribution < -0.4 is 4.57 Å². The molecule has 1 aliphatic heterocycles. The fraction of sp³-hybridized carbons (Fsp3) is 0.361. The molecule has 2 heterocycles. The number of rotatable bonds is 2. The number of aromatic nitrogens is 1. The van der Waals surface area contributed by atoms with Crippen molar-refractivity contribution in [2.75, 3.05) is 0 Å². The lowest BCUT2D eigenvalue weighted by molar-refractivity contribution is -0.659. The van der Waals surface area contributed by atoms with E-state index in [2.05, 4.69) is 122 Å². The minimum Gasteiger partial charge on any atom is -0.200 e. The van der Waals surface area contributed by atoms with Gasteiger partial charge in [0.25, 0.3) is 0 Å². The summed E-state index contributed by atoms with van der Waals surface area (Å²) in [5.74, 6) is 0. The Labute approximate surface area is 232 Å². The number of hydrogen-bond acceptors (Lipinski definition) is 1. The third-order valence-electron chi connectivity index (χ3n) is 7.92. The van der Waals surface area contributed by atoms with Crippen LogP contribution in [0.1, 0.15) is 63.8 Å². The quantitative estimate of drug-likeness (QED) is 0.163. The van der Waals surface area contributed by atoms with Gasteiger partial charge in [0, 0.05) is 15.9 Å². The van der Waals surface area contributed by atoms with Gasteiger partial charge in [-0.1, -0.05) is 95.3 Å². The maximum atomic E-state index is 2.43. The van der Waals surface area contributed by atoms with E-state index in [4.69, 9.17) is 0 Å². The van der Waals surface area contributed by atoms with Crippen molar-refractivity contribution in [1.29, 1.82) is 0 Å². The van der Waals surface area contributed by atoms with Crippen molar-refractivity contribution in [3.63, 3.8) is 0 Å². The number of benzene rings is 4. The Kier molecular flexibility index (Phi) is 5.74. The number of nitrogens with zero attached hydrogens (tertiary/aromatic N) is 1. The summed E-state index contributed by atoms with van der Waals surface area (Å²) in [5, 5.41) is 8.29. The van der Waals surface area contributed by atoms with E-state index in [1.54, 1.807) is 0 Å². The summed E-state index contributed by atoms with van der Waals surface area (Å²) in [5.41, 5.74) is 8.90. The van der Waals surface area contributed by atoms with Crippen molar-refractivity contribution in [2.45, 2.75) is 78.0 Å². The molecule has 0 aliphatic carbocycles. The smallest absolute Gasteiger partial charge is 0.200 e. The molecule has 1 aromatic heterocycles. The molecule has 0 N–H and O–H groups in total. The van der Waals surface area contributed by atoms with Crippen LogP contribution in [-0.4, -0.2) is 0 Å². The second-order valence-electron chi connectivity index (χ2n) is 13.9. The molecule has 5 aromatic rings. The van der Waals surface area contributed by atoms with Crippen LogP contribution in [-0.2, 0) is 19.9 Å². The van der Waals surface area contributed by atoms with E-state index in [1.807, 2.05) is 11.8 Å². The van der Waals surface area contributed by atoms with E-state index in [-0.39, 0.29) is 10.8 Å². The second kappa shape index (κ2) is 8.58. The van der Waals surface area contributed by atoms with Gasteiger partial charge in [-0.05, 0) is 87.2 Å². The molecule has 0 amide bonds. The van der Waals surface area contributed by atoms with Crippen molar-refractivity contribution in [3.05, 3.63) is 77.0 Å². The lowest BCUT2D eigenvalue weighted by atomic mass is 9.82. The molecule has 38 heavy (non-hydrogen) atoms. The monoisotopic (exact) mass is 518 g/mol. The van der Waals surface area contributed by atoms with Crippen molar-refractivity contribution in [1.82, 2.24) is 0 Å². The first-order valence-corrected chi connectivity index (χ1v) is 14.7. The Morgan fingerprint density at radius 1 is 0.711 bits per heavy atom. The van der Waals surface area contributed by atoms with E-state index in [0.717, 1.165) is 12.8 Å². The van der Waals surface area contributed by atoms with Gasteiger partial charge in [-0.25, -0.2) is 4.57 Å². The number of fused-ring (bicyclic) bond motifs is 5. The summed E-state index contributed by atoms with van der Waals surface area (Å²) >= 11 is 2.02. The molecule has 4 aromatic carbocycles. The molecule has 0 saturated carbocycles. The van der Waals surface area contributed by atoms with E-state index in [1.165, 1.54) is 75.6 Å². The summed E-state index contributed by atoms with van der Waals surface area (Å²) < 4.78 is 2.36. The van der Waals surface area contributed by atoms with Crippen LogP contribution in [0.5, 0.6) is 0 Å². The highest BCUT2D eigenvalue weighted by atomic mass is 32.2. The summed E-state index contributed by atoms with van der Waals surface area (Å²) in [7, 11) is 2.22. The van der Waals surface area contributed by atoms with Crippen molar-refractivity contribution >= 4 is 44.1 Å². The van der Waals surface area contributed by atoms with Crippen LogP contribution in [0, 0.1) is 24.7 Å². The average molecular weight is 519 g/mol. The SMILES string of the molecule is Cc1ccc2c(CC(C)(C)C)c3c(c(C)c2c1)-c1c2c(c4ccc(CC(C)(C)C)cc4cc2cc[n+]1C)S3. The molecular weight excluding hydrogens is 478 g/mol. The first-order chi connectivity index (χ1) is 17.8. The van der Waals surface area contributed by atoms with E-state index in [0.29, 0.717) is 0 Å². The van der Waals surface area contributed by atoms with Gasteiger partial charge >= 0.3 is 0 Å². The Balaban J connectivity index is 1.73. The zero-order valence-electron chi connectivity index (χ0n) is 24.5. The number of aryl methyl sites for hydroxylation is 3. The van der Waals surface area contributed by atoms with Gasteiger partial charge in [0.2, 0.25) is 5.69 Å². The molecule has 0 fully saturated rings. The van der Waals surface area contributed by atoms with Gasteiger partial charge in [0.05, 0.1) is 10.9 Å². The van der Waals surface area contributed by atoms with Gasteiger partial charge in [0.1, 0.15) is 7.05 Å². The second-order valence-corrected chi connectivity index (χ2v) is 15.0. The third kappa shape index (κ3) is 4.22. The fourth-order valence-corrected chi connectivity index (χ4v) is 7.88. The van der Waals surface area contributed by atoms with Crippen LogP contribution in [0.3, 0.4) is 0 Å². The Hall–Kier alpha value is -2.84. The van der Waals surface area contributed by atoms with Gasteiger partial charge in [-0.15, -0.1) is 0 Å². The minimum absolute atomic E-state index is 0.191. The molecule has 194 valence electrons. The predicted octanol–water partition coefficient (Wildman–Crippen LogP) is 9.90. The molecule has 0 spiro atoms. The molecule has 0 radical (unpaired) electrons. The highest BCUT2D eigenvalue weighted by Crippen LogP contribution is 2.54. The van der Waals surface area contributed by atoms with E-state index in [9.17, 15) is 0 Å². The summed E-state index contributed by atoms with van der Waals surface area (Å²) in [4.78, 5) is 2.87. The van der Waals surface area contributed by atoms with Crippen LogP contribution in [0.25, 0.3) is 43.6 Å². The highest BCUT2D eigenvalue weighted by molar-refractivity contribution is 8.00. The lowest BCUT2D eigenvalue weighted by Gasteiger charge is -2.28. The summed E-state index contributed by atoms with van der Waals surface area (Å²) in [6.45, 7) is 18.6. The third-order valence-corrected chi connectivity index (χ3v) is 9.20. The van der Waals surface area contributed by atoms with Crippen molar-refractivity contribution < 1.29 is 4.57 Å². The first-order valence-electron chi connectivity index (χ1n) is 13.9. The summed E-state index contributed by atoms with van der Waals surface area (Å²) in [6.07, 6.45) is 4.40. The molecule has 0 saturated heterocycles. The minimum atomic E-state index is 0.191. The number of hydrogen-bond donors (Lipinski definition) is 0. The van der Waals surface area contributed by atoms with Gasteiger partial charge in [0.15, 0.2) is 6.20 Å². The zero-order chi connectivity index (χ0) is 27.1. The normalized spacial score (nSPS) is 13.5. The molecule has 0 bridgehead atoms. The Bertz CT molecular complexity index is 1780. The average Bonchev–Trinajstić information content (AvgIpc) is 2.81. The van der Waals surface area contributed by atoms with Crippen molar-refractivity contribution in [3.8, 4) is 11.3 Å².